The molecule has 2 aromatic carbocycles. The second-order valence-electron chi connectivity index (χ2n) is 6.17. The van der Waals surface area contributed by atoms with E-state index in [1.54, 1.807) is 0 Å². The molecule has 1 N–H and O–H groups in total. The van der Waals surface area contributed by atoms with Crippen LogP contribution in [0.5, 0.6) is 17.2 Å². The van der Waals surface area contributed by atoms with Gasteiger partial charge < -0.3 is 14.2 Å². The number of aryl methyl sites for hydroxylation is 2. The first-order chi connectivity index (χ1) is 12.6. The molecule has 0 aliphatic carbocycles. The van der Waals surface area contributed by atoms with E-state index in [2.05, 4.69) is 10.5 Å². The molecule has 136 valence electrons. The van der Waals surface area contributed by atoms with E-state index in [9.17, 15) is 4.79 Å². The molecule has 0 bridgehead atoms. The Morgan fingerprint density at radius 2 is 2.04 bits per heavy atom. The number of amides is 1. The third-order valence-corrected chi connectivity index (χ3v) is 3.94. The van der Waals surface area contributed by atoms with Gasteiger partial charge in [-0.2, -0.15) is 5.10 Å². The highest BCUT2D eigenvalue weighted by atomic mass is 16.7. The van der Waals surface area contributed by atoms with Crippen LogP contribution in [-0.2, 0) is 11.2 Å². The molecule has 0 saturated carbocycles. The number of carbonyl (C=O) groups excluding carboxylic acids is 1. The predicted molar refractivity (Wildman–Crippen MR) is 98.8 cm³/mol. The lowest BCUT2D eigenvalue weighted by molar-refractivity contribution is -0.123. The monoisotopic (exact) mass is 354 g/mol. The fourth-order valence-electron chi connectivity index (χ4n) is 2.52. The van der Waals surface area contributed by atoms with Crippen LogP contribution in [0, 0.1) is 6.92 Å². The van der Waals surface area contributed by atoms with Gasteiger partial charge in [0.2, 0.25) is 6.79 Å². The molecule has 6 heteroatoms. The van der Waals surface area contributed by atoms with Gasteiger partial charge in [-0.25, -0.2) is 5.43 Å². The minimum Gasteiger partial charge on any atom is -0.484 e. The molecule has 6 nitrogen and oxygen atoms in total. The van der Waals surface area contributed by atoms with Crippen LogP contribution in [0.4, 0.5) is 0 Å². The number of fused-ring (bicyclic) bond motifs is 1. The molecule has 1 heterocycles. The first kappa shape index (κ1) is 17.8. The molecule has 1 aliphatic rings. The van der Waals surface area contributed by atoms with E-state index in [0.717, 1.165) is 41.2 Å². The van der Waals surface area contributed by atoms with E-state index in [0.29, 0.717) is 5.75 Å². The number of carbonyl (C=O) groups is 1. The van der Waals surface area contributed by atoms with Gasteiger partial charge in [0.15, 0.2) is 18.1 Å². The Morgan fingerprint density at radius 1 is 1.19 bits per heavy atom. The van der Waals surface area contributed by atoms with E-state index in [1.165, 1.54) is 0 Å². The lowest BCUT2D eigenvalue weighted by atomic mass is 10.1. The van der Waals surface area contributed by atoms with Gasteiger partial charge in [0.1, 0.15) is 5.75 Å². The summed E-state index contributed by atoms with van der Waals surface area (Å²) in [5.41, 5.74) is 5.58. The van der Waals surface area contributed by atoms with Crippen LogP contribution in [0.1, 0.15) is 24.5 Å². The van der Waals surface area contributed by atoms with E-state index >= 15 is 0 Å². The Hall–Kier alpha value is -3.02. The van der Waals surface area contributed by atoms with Crippen molar-refractivity contribution in [3.63, 3.8) is 0 Å². The summed E-state index contributed by atoms with van der Waals surface area (Å²) in [6.07, 6.45) is 1.54. The number of benzene rings is 2. The van der Waals surface area contributed by atoms with Gasteiger partial charge in [0, 0.05) is 5.71 Å². The number of hydrogen-bond acceptors (Lipinski definition) is 5. The first-order valence-corrected chi connectivity index (χ1v) is 8.50. The molecular formula is C20H22N2O4. The average Bonchev–Trinajstić information content (AvgIpc) is 3.11. The lowest BCUT2D eigenvalue weighted by Gasteiger charge is -2.07. The van der Waals surface area contributed by atoms with Crippen LogP contribution in [0.2, 0.25) is 0 Å². The van der Waals surface area contributed by atoms with E-state index in [-0.39, 0.29) is 19.3 Å². The number of hydrogen-bond donors (Lipinski definition) is 1. The van der Waals surface area contributed by atoms with Gasteiger partial charge >= 0.3 is 0 Å². The van der Waals surface area contributed by atoms with Gasteiger partial charge in [0.25, 0.3) is 5.91 Å². The van der Waals surface area contributed by atoms with Crippen molar-refractivity contribution in [2.45, 2.75) is 26.7 Å². The standard InChI is InChI=1S/C20H22N2O4/c1-14-4-3-5-17(10-14)24-12-20(23)22-21-15(2)6-7-16-8-9-18-19(11-16)26-13-25-18/h3-5,8-11H,6-7,12-13H2,1-2H3,(H,22,23)/b21-15+. The summed E-state index contributed by atoms with van der Waals surface area (Å²) in [5.74, 6) is 1.94. The first-order valence-electron chi connectivity index (χ1n) is 8.50. The third-order valence-electron chi connectivity index (χ3n) is 3.94. The summed E-state index contributed by atoms with van der Waals surface area (Å²) in [6.45, 7) is 4.06. The van der Waals surface area contributed by atoms with Crippen molar-refractivity contribution in [2.75, 3.05) is 13.4 Å². The smallest absolute Gasteiger partial charge is 0.277 e. The lowest BCUT2D eigenvalue weighted by Crippen LogP contribution is -2.25. The molecule has 0 spiro atoms. The minimum atomic E-state index is -0.283. The van der Waals surface area contributed by atoms with Gasteiger partial charge in [0.05, 0.1) is 0 Å². The maximum absolute atomic E-state index is 11.8. The summed E-state index contributed by atoms with van der Waals surface area (Å²) in [6, 6.07) is 13.5. The normalized spacial score (nSPS) is 12.8. The average molecular weight is 354 g/mol. The summed E-state index contributed by atoms with van der Waals surface area (Å²) in [7, 11) is 0. The molecule has 0 radical (unpaired) electrons. The summed E-state index contributed by atoms with van der Waals surface area (Å²) in [5, 5.41) is 4.12. The van der Waals surface area contributed by atoms with Gasteiger partial charge in [-0.1, -0.05) is 18.2 Å². The van der Waals surface area contributed by atoms with Crippen molar-refractivity contribution in [1.82, 2.24) is 5.43 Å². The summed E-state index contributed by atoms with van der Waals surface area (Å²) < 4.78 is 16.1. The molecule has 1 amide bonds. The SMILES string of the molecule is C/C(CCc1ccc2c(c1)OCO2)=N\NC(=O)COc1cccc(C)c1. The second kappa shape index (κ2) is 8.38. The Kier molecular flexibility index (Phi) is 5.73. The van der Waals surface area contributed by atoms with E-state index < -0.39 is 0 Å². The quantitative estimate of drug-likeness (QED) is 0.612. The zero-order chi connectivity index (χ0) is 18.4. The largest absolute Gasteiger partial charge is 0.484 e. The van der Waals surface area contributed by atoms with Crippen molar-refractivity contribution < 1.29 is 19.0 Å². The topological polar surface area (TPSA) is 69.2 Å². The Morgan fingerprint density at radius 3 is 2.88 bits per heavy atom. The molecule has 26 heavy (non-hydrogen) atoms. The molecule has 0 fully saturated rings. The molecule has 0 saturated heterocycles. The van der Waals surface area contributed by atoms with Crippen LogP contribution in [0.15, 0.2) is 47.6 Å². The van der Waals surface area contributed by atoms with Crippen LogP contribution >= 0.6 is 0 Å². The number of hydrazone groups is 1. The molecule has 3 rings (SSSR count). The second-order valence-corrected chi connectivity index (χ2v) is 6.17. The van der Waals surface area contributed by atoms with Crippen molar-refractivity contribution in [2.24, 2.45) is 5.10 Å². The van der Waals surface area contributed by atoms with Gasteiger partial charge in [-0.05, 0) is 62.1 Å². The highest BCUT2D eigenvalue weighted by molar-refractivity contribution is 5.85. The molecule has 0 unspecified atom stereocenters. The number of nitrogens with one attached hydrogen (secondary N) is 1. The maximum atomic E-state index is 11.8. The zero-order valence-electron chi connectivity index (χ0n) is 15.0. The van der Waals surface area contributed by atoms with Crippen LogP contribution < -0.4 is 19.6 Å². The van der Waals surface area contributed by atoms with E-state index in [1.807, 2.05) is 56.3 Å². The van der Waals surface area contributed by atoms with Gasteiger partial charge in [-0.15, -0.1) is 0 Å². The molecular weight excluding hydrogens is 332 g/mol. The van der Waals surface area contributed by atoms with Crippen LogP contribution in [0.3, 0.4) is 0 Å². The Labute approximate surface area is 152 Å². The van der Waals surface area contributed by atoms with Crippen molar-refractivity contribution >= 4 is 11.6 Å². The highest BCUT2D eigenvalue weighted by Gasteiger charge is 2.13. The summed E-state index contributed by atoms with van der Waals surface area (Å²) >= 11 is 0. The number of nitrogens with zero attached hydrogens (tertiary/aromatic N) is 1. The van der Waals surface area contributed by atoms with Crippen molar-refractivity contribution in [1.29, 1.82) is 0 Å². The Bertz CT molecular complexity index is 817. The fourth-order valence-corrected chi connectivity index (χ4v) is 2.52. The van der Waals surface area contributed by atoms with Crippen LogP contribution in [-0.4, -0.2) is 25.0 Å². The maximum Gasteiger partial charge on any atom is 0.277 e. The predicted octanol–water partition coefficient (Wildman–Crippen LogP) is 3.23. The fraction of sp³-hybridized carbons (Fsp3) is 0.300. The molecule has 0 atom stereocenters. The molecule has 0 aromatic heterocycles. The number of ether oxygens (including phenoxy) is 3. The van der Waals surface area contributed by atoms with Crippen molar-refractivity contribution in [3.05, 3.63) is 53.6 Å². The van der Waals surface area contributed by atoms with E-state index in [4.69, 9.17) is 14.2 Å². The molecule has 1 aliphatic heterocycles. The van der Waals surface area contributed by atoms with Gasteiger partial charge in [-0.3, -0.25) is 4.79 Å². The third kappa shape index (κ3) is 4.99. The zero-order valence-corrected chi connectivity index (χ0v) is 15.0. The Balaban J connectivity index is 1.42. The van der Waals surface area contributed by atoms with Crippen LogP contribution in [0.25, 0.3) is 0 Å². The number of rotatable bonds is 7. The molecule has 2 aromatic rings. The highest BCUT2D eigenvalue weighted by Crippen LogP contribution is 2.32. The van der Waals surface area contributed by atoms with Crippen molar-refractivity contribution in [3.8, 4) is 17.2 Å². The summed E-state index contributed by atoms with van der Waals surface area (Å²) in [4.78, 5) is 11.8. The minimum absolute atomic E-state index is 0.0671.